The van der Waals surface area contributed by atoms with Gasteiger partial charge in [-0.2, -0.15) is 18.4 Å². The minimum atomic E-state index is -4.74. The van der Waals surface area contributed by atoms with Crippen LogP contribution in [0.5, 0.6) is 0 Å². The summed E-state index contributed by atoms with van der Waals surface area (Å²) in [5, 5.41) is 31.2. The highest BCUT2D eigenvalue weighted by atomic mass is 19.4. The third kappa shape index (κ3) is 5.29. The molecule has 1 amide bonds. The van der Waals surface area contributed by atoms with Gasteiger partial charge in [0.05, 0.1) is 29.8 Å². The summed E-state index contributed by atoms with van der Waals surface area (Å²) in [6.45, 7) is -0.266. The number of halogens is 3. The van der Waals surface area contributed by atoms with Crippen molar-refractivity contribution >= 4 is 17.5 Å². The highest BCUT2D eigenvalue weighted by Gasteiger charge is 2.41. The number of aromatic nitrogens is 4. The zero-order valence-electron chi connectivity index (χ0n) is 23.2. The third-order valence-corrected chi connectivity index (χ3v) is 7.05. The second kappa shape index (κ2) is 10.9. The van der Waals surface area contributed by atoms with Gasteiger partial charge in [0.25, 0.3) is 5.91 Å². The van der Waals surface area contributed by atoms with Crippen LogP contribution in [0.2, 0.25) is 0 Å². The molecule has 2 N–H and O–H groups in total. The Morgan fingerprint density at radius 2 is 1.90 bits per heavy atom. The number of aliphatic hydroxyl groups excluding tert-OH is 1. The molecule has 1 aliphatic rings. The van der Waals surface area contributed by atoms with Crippen molar-refractivity contribution in [3.63, 3.8) is 0 Å². The molecule has 2 aromatic carbocycles. The summed E-state index contributed by atoms with van der Waals surface area (Å²) >= 11 is 0. The van der Waals surface area contributed by atoms with Crippen LogP contribution in [-0.4, -0.2) is 63.3 Å². The van der Waals surface area contributed by atoms with Crippen molar-refractivity contribution in [1.29, 1.82) is 5.26 Å². The fraction of sp³-hybridized carbons (Fsp3) is 0.276. The quantitative estimate of drug-likeness (QED) is 0.335. The Labute approximate surface area is 239 Å². The van der Waals surface area contributed by atoms with E-state index in [1.165, 1.54) is 17.3 Å². The van der Waals surface area contributed by atoms with Crippen LogP contribution in [0.4, 0.5) is 24.8 Å². The molecule has 5 rings (SSSR count). The van der Waals surface area contributed by atoms with Crippen molar-refractivity contribution in [1.82, 2.24) is 24.6 Å². The number of hydrogen-bond acceptors (Lipinski definition) is 8. The van der Waals surface area contributed by atoms with E-state index in [-0.39, 0.29) is 35.6 Å². The molecule has 0 radical (unpaired) electrons. The Hall–Kier alpha value is -4.80. The van der Waals surface area contributed by atoms with Gasteiger partial charge in [-0.25, -0.2) is 4.98 Å². The van der Waals surface area contributed by atoms with Gasteiger partial charge < -0.3 is 19.9 Å². The predicted octanol–water partition coefficient (Wildman–Crippen LogP) is 4.23. The number of nitrogens with zero attached hydrogens (tertiary/aromatic N) is 7. The first kappa shape index (κ1) is 28.7. The zero-order valence-corrected chi connectivity index (χ0v) is 23.2. The van der Waals surface area contributed by atoms with E-state index in [0.29, 0.717) is 33.9 Å². The summed E-state index contributed by atoms with van der Waals surface area (Å²) in [6, 6.07) is 12.8. The number of anilines is 2. The van der Waals surface area contributed by atoms with Crippen molar-refractivity contribution < 1.29 is 23.1 Å². The third-order valence-electron chi connectivity index (χ3n) is 7.05. The number of benzene rings is 2. The number of carbonyl (C=O) groups is 1. The topological polar surface area (TPSA) is 123 Å². The monoisotopic (exact) mass is 576 g/mol. The number of pyridine rings is 1. The molecule has 0 saturated heterocycles. The number of likely N-dealkylation sites (N-methyl/N-ethyl adjacent to an activating group) is 1. The summed E-state index contributed by atoms with van der Waals surface area (Å²) in [4.78, 5) is 21.0. The van der Waals surface area contributed by atoms with E-state index in [1.807, 2.05) is 0 Å². The molecule has 2 aromatic heterocycles. The summed E-state index contributed by atoms with van der Waals surface area (Å²) in [5.74, 6) is 0.344. The number of carbonyl (C=O) groups excluding carboxylic acids is 1. The van der Waals surface area contributed by atoms with E-state index in [1.54, 1.807) is 68.0 Å². The van der Waals surface area contributed by atoms with Crippen molar-refractivity contribution in [2.24, 2.45) is 7.05 Å². The van der Waals surface area contributed by atoms with Crippen LogP contribution < -0.4 is 10.2 Å². The van der Waals surface area contributed by atoms with Gasteiger partial charge in [-0.15, -0.1) is 10.2 Å². The Bertz CT molecular complexity index is 1730. The maximum Gasteiger partial charge on any atom is 0.416 e. The van der Waals surface area contributed by atoms with Gasteiger partial charge in [-0.05, 0) is 72.7 Å². The molecule has 42 heavy (non-hydrogen) atoms. The molecule has 1 atom stereocenters. The van der Waals surface area contributed by atoms with Crippen LogP contribution in [0.1, 0.15) is 38.7 Å². The van der Waals surface area contributed by atoms with Crippen LogP contribution >= 0.6 is 0 Å². The number of fused-ring (bicyclic) bond motifs is 1. The number of alkyl halides is 3. The normalized spacial score (nSPS) is 13.8. The highest BCUT2D eigenvalue weighted by Crippen LogP contribution is 2.41. The minimum Gasteiger partial charge on any atom is -0.387 e. The first-order valence-corrected chi connectivity index (χ1v) is 12.9. The SMILES string of the molecule is CNc1cc(-c2ccc(C#N)cc2-c2nncn2C)cc(N2Cc3c(cc(C(O)CN(C)C)cc3C(F)(F)F)C2=O)n1. The van der Waals surface area contributed by atoms with Crippen molar-refractivity contribution in [3.8, 4) is 28.6 Å². The molecule has 13 heteroatoms. The van der Waals surface area contributed by atoms with Crippen molar-refractivity contribution in [2.45, 2.75) is 18.8 Å². The lowest BCUT2D eigenvalue weighted by atomic mass is 9.96. The summed E-state index contributed by atoms with van der Waals surface area (Å²) in [6.07, 6.45) is -4.44. The second-order valence-electron chi connectivity index (χ2n) is 10.2. The molecule has 10 nitrogen and oxygen atoms in total. The maximum absolute atomic E-state index is 14.2. The highest BCUT2D eigenvalue weighted by molar-refractivity contribution is 6.10. The lowest BCUT2D eigenvalue weighted by Crippen LogP contribution is -2.24. The number of hydrogen-bond donors (Lipinski definition) is 2. The Kier molecular flexibility index (Phi) is 7.44. The summed E-state index contributed by atoms with van der Waals surface area (Å²) < 4.78 is 44.3. The Balaban J connectivity index is 1.63. The number of nitriles is 1. The van der Waals surface area contributed by atoms with Gasteiger partial charge in [0.15, 0.2) is 5.82 Å². The molecule has 0 fully saturated rings. The molecule has 4 aromatic rings. The Morgan fingerprint density at radius 3 is 2.52 bits per heavy atom. The van der Waals surface area contributed by atoms with E-state index < -0.39 is 23.8 Å². The van der Waals surface area contributed by atoms with Crippen molar-refractivity contribution in [3.05, 3.63) is 76.6 Å². The van der Waals surface area contributed by atoms with Crippen molar-refractivity contribution in [2.75, 3.05) is 37.9 Å². The van der Waals surface area contributed by atoms with Crippen LogP contribution in [0, 0.1) is 11.3 Å². The molecule has 0 saturated carbocycles. The van der Waals surface area contributed by atoms with Gasteiger partial charge in [-0.3, -0.25) is 9.69 Å². The number of rotatable bonds is 7. The molecular formula is C29H27F3N8O2. The van der Waals surface area contributed by atoms with Gasteiger partial charge in [0, 0.05) is 31.8 Å². The van der Waals surface area contributed by atoms with E-state index in [0.717, 1.165) is 6.07 Å². The van der Waals surface area contributed by atoms with Crippen LogP contribution in [0.25, 0.3) is 22.5 Å². The molecule has 1 unspecified atom stereocenters. The fourth-order valence-electron chi connectivity index (χ4n) is 5.03. The Morgan fingerprint density at radius 1 is 1.14 bits per heavy atom. The van der Waals surface area contributed by atoms with Gasteiger partial charge in [0.2, 0.25) is 0 Å². The van der Waals surface area contributed by atoms with Gasteiger partial charge in [-0.1, -0.05) is 6.07 Å². The first-order chi connectivity index (χ1) is 19.9. The number of nitrogens with one attached hydrogen (secondary N) is 1. The molecule has 1 aliphatic heterocycles. The average Bonchev–Trinajstić information content (AvgIpc) is 3.53. The minimum absolute atomic E-state index is 0.00787. The van der Waals surface area contributed by atoms with Gasteiger partial charge in [0.1, 0.15) is 18.0 Å². The second-order valence-corrected chi connectivity index (χ2v) is 10.2. The first-order valence-electron chi connectivity index (χ1n) is 12.9. The number of aryl methyl sites for hydroxylation is 1. The lowest BCUT2D eigenvalue weighted by molar-refractivity contribution is -0.138. The molecule has 0 bridgehead atoms. The summed E-state index contributed by atoms with van der Waals surface area (Å²) in [5.41, 5.74) is 0.978. The maximum atomic E-state index is 14.2. The number of aliphatic hydroxyl groups is 1. The standard InChI is InChI=1S/C29H27F3N8O2/c1-34-25-10-17(19-6-5-16(12-33)7-20(19)27-37-35-15-39(27)4)11-26(36-25)40-13-22-21(28(40)42)8-18(24(41)14-38(2)3)9-23(22)29(30,31)32/h5-11,15,24,41H,13-14H2,1-4H3,(H,34,36). The largest absolute Gasteiger partial charge is 0.416 e. The van der Waals surface area contributed by atoms with E-state index >= 15 is 0 Å². The van der Waals surface area contributed by atoms with E-state index in [9.17, 15) is 28.3 Å². The van der Waals surface area contributed by atoms with E-state index in [4.69, 9.17) is 0 Å². The lowest BCUT2D eigenvalue weighted by Gasteiger charge is -2.19. The van der Waals surface area contributed by atoms with Crippen LogP contribution in [0.3, 0.4) is 0 Å². The summed E-state index contributed by atoms with van der Waals surface area (Å²) in [7, 11) is 6.78. The molecular weight excluding hydrogens is 549 g/mol. The fourth-order valence-corrected chi connectivity index (χ4v) is 5.03. The molecule has 216 valence electrons. The van der Waals surface area contributed by atoms with Crippen LogP contribution in [0.15, 0.2) is 48.8 Å². The number of amides is 1. The molecule has 0 spiro atoms. The zero-order chi connectivity index (χ0) is 30.3. The van der Waals surface area contributed by atoms with Crippen LogP contribution in [-0.2, 0) is 19.8 Å². The average molecular weight is 577 g/mol. The predicted molar refractivity (Wildman–Crippen MR) is 149 cm³/mol. The van der Waals surface area contributed by atoms with E-state index in [2.05, 4.69) is 26.6 Å². The smallest absolute Gasteiger partial charge is 0.387 e. The molecule has 0 aliphatic carbocycles. The van der Waals surface area contributed by atoms with Gasteiger partial charge >= 0.3 is 6.18 Å². The molecule has 3 heterocycles.